The van der Waals surface area contributed by atoms with Crippen LogP contribution in [-0.2, 0) is 10.0 Å². The molecule has 1 aromatic heterocycles. The smallest absolute Gasteiger partial charge is 0.268 e. The molecule has 0 radical (unpaired) electrons. The van der Waals surface area contributed by atoms with Crippen molar-refractivity contribution in [3.05, 3.63) is 72.3 Å². The van der Waals surface area contributed by atoms with Crippen molar-refractivity contribution in [2.24, 2.45) is 0 Å². The summed E-state index contributed by atoms with van der Waals surface area (Å²) in [6.45, 7) is 1.94. The lowest BCUT2D eigenvalue weighted by Gasteiger charge is -2.13. The monoisotopic (exact) mass is 364 g/mol. The Balaban J connectivity index is 2.09. The molecule has 132 valence electrons. The summed E-state index contributed by atoms with van der Waals surface area (Å²) in [5, 5.41) is 1.87. The topological polar surface area (TPSA) is 42.3 Å². The second-order valence-electron chi connectivity index (χ2n) is 6.70. The van der Waals surface area contributed by atoms with Gasteiger partial charge in [-0.05, 0) is 43.3 Å². The van der Waals surface area contributed by atoms with Gasteiger partial charge in [0.05, 0.1) is 15.9 Å². The molecule has 0 aliphatic rings. The third kappa shape index (κ3) is 2.47. The number of aromatic nitrogens is 1. The molecule has 4 rings (SSSR count). The van der Waals surface area contributed by atoms with Crippen LogP contribution in [0.15, 0.2) is 71.6 Å². The number of hydrogen-bond acceptors (Lipinski definition) is 3. The average Bonchev–Trinajstić information content (AvgIpc) is 2.96. The molecule has 4 nitrogen and oxygen atoms in total. The molecular formula is C21H20N2O2S. The molecule has 0 unspecified atom stereocenters. The van der Waals surface area contributed by atoms with Gasteiger partial charge in [0.1, 0.15) is 0 Å². The number of rotatable bonds is 3. The highest BCUT2D eigenvalue weighted by molar-refractivity contribution is 7.90. The number of nitrogens with zero attached hydrogens (tertiary/aromatic N) is 2. The Kier molecular flexibility index (Phi) is 3.77. The molecule has 26 heavy (non-hydrogen) atoms. The molecule has 3 aromatic carbocycles. The van der Waals surface area contributed by atoms with Crippen LogP contribution in [0.25, 0.3) is 21.8 Å². The lowest BCUT2D eigenvalue weighted by atomic mass is 10.1. The molecule has 0 saturated carbocycles. The summed E-state index contributed by atoms with van der Waals surface area (Å²) in [6, 6.07) is 20.5. The molecule has 0 spiro atoms. The predicted molar refractivity (Wildman–Crippen MR) is 108 cm³/mol. The molecule has 0 N–H and O–H groups in total. The van der Waals surface area contributed by atoms with Crippen LogP contribution < -0.4 is 4.90 Å². The second-order valence-corrected chi connectivity index (χ2v) is 8.48. The Morgan fingerprint density at radius 1 is 0.808 bits per heavy atom. The number of hydrogen-bond donors (Lipinski definition) is 0. The van der Waals surface area contributed by atoms with Gasteiger partial charge in [-0.2, -0.15) is 0 Å². The van der Waals surface area contributed by atoms with Gasteiger partial charge in [0.25, 0.3) is 10.0 Å². The van der Waals surface area contributed by atoms with E-state index in [-0.39, 0.29) is 0 Å². The van der Waals surface area contributed by atoms with Crippen molar-refractivity contribution in [2.75, 3.05) is 19.0 Å². The Bertz CT molecular complexity index is 1220. The molecule has 5 heteroatoms. The summed E-state index contributed by atoms with van der Waals surface area (Å²) >= 11 is 0. The fourth-order valence-electron chi connectivity index (χ4n) is 3.28. The fraction of sp³-hybridized carbons (Fsp3) is 0.143. The number of para-hydroxylation sites is 1. The first-order valence-corrected chi connectivity index (χ1v) is 9.86. The minimum Gasteiger partial charge on any atom is -0.378 e. The number of aryl methyl sites for hydroxylation is 1. The molecule has 0 fully saturated rings. The third-order valence-electron chi connectivity index (χ3n) is 4.69. The maximum atomic E-state index is 13.4. The van der Waals surface area contributed by atoms with Crippen molar-refractivity contribution in [3.8, 4) is 0 Å². The van der Waals surface area contributed by atoms with E-state index in [9.17, 15) is 8.42 Å². The van der Waals surface area contributed by atoms with E-state index in [0.717, 1.165) is 22.0 Å². The van der Waals surface area contributed by atoms with Crippen LogP contribution in [0.1, 0.15) is 5.56 Å². The van der Waals surface area contributed by atoms with Gasteiger partial charge in [-0.1, -0.05) is 35.9 Å². The van der Waals surface area contributed by atoms with Gasteiger partial charge in [-0.25, -0.2) is 12.4 Å². The first-order valence-electron chi connectivity index (χ1n) is 8.42. The largest absolute Gasteiger partial charge is 0.378 e. The Morgan fingerprint density at radius 3 is 2.15 bits per heavy atom. The van der Waals surface area contributed by atoms with E-state index < -0.39 is 10.0 Å². The standard InChI is InChI=1S/C21H20N2O2S/c1-15-8-11-17(12-9-15)26(24,25)23-20-7-5-4-6-18(20)19-14-16(22(2)3)10-13-21(19)23/h4-14H,1-3H3. The van der Waals surface area contributed by atoms with Crippen molar-refractivity contribution >= 4 is 37.5 Å². The summed E-state index contributed by atoms with van der Waals surface area (Å²) in [6.07, 6.45) is 0. The van der Waals surface area contributed by atoms with Crippen LogP contribution in [0.2, 0.25) is 0 Å². The average molecular weight is 364 g/mol. The van der Waals surface area contributed by atoms with E-state index in [2.05, 4.69) is 0 Å². The summed E-state index contributed by atoms with van der Waals surface area (Å²) in [4.78, 5) is 2.31. The lowest BCUT2D eigenvalue weighted by Crippen LogP contribution is -2.13. The fourth-order valence-corrected chi connectivity index (χ4v) is 4.81. The quantitative estimate of drug-likeness (QED) is 0.541. The van der Waals surface area contributed by atoms with Crippen molar-refractivity contribution in [3.63, 3.8) is 0 Å². The zero-order valence-electron chi connectivity index (χ0n) is 15.0. The van der Waals surface area contributed by atoms with Gasteiger partial charge in [0.2, 0.25) is 0 Å². The summed E-state index contributed by atoms with van der Waals surface area (Å²) in [7, 11) is 0.256. The summed E-state index contributed by atoms with van der Waals surface area (Å²) < 4.78 is 28.3. The van der Waals surface area contributed by atoms with Gasteiger partial charge < -0.3 is 4.90 Å². The van der Waals surface area contributed by atoms with Crippen LogP contribution in [0, 0.1) is 6.92 Å². The molecule has 0 atom stereocenters. The van der Waals surface area contributed by atoms with E-state index in [0.29, 0.717) is 15.9 Å². The van der Waals surface area contributed by atoms with Gasteiger partial charge in [-0.3, -0.25) is 0 Å². The van der Waals surface area contributed by atoms with Crippen LogP contribution in [0.5, 0.6) is 0 Å². The van der Waals surface area contributed by atoms with Crippen LogP contribution in [0.3, 0.4) is 0 Å². The Morgan fingerprint density at radius 2 is 1.46 bits per heavy atom. The van der Waals surface area contributed by atoms with Crippen molar-refractivity contribution < 1.29 is 8.42 Å². The second kappa shape index (κ2) is 5.88. The van der Waals surface area contributed by atoms with E-state index in [1.165, 1.54) is 3.97 Å². The van der Waals surface area contributed by atoms with Crippen LogP contribution in [0.4, 0.5) is 5.69 Å². The molecule has 0 bridgehead atoms. The number of benzene rings is 3. The van der Waals surface area contributed by atoms with Crippen LogP contribution >= 0.6 is 0 Å². The normalized spacial score (nSPS) is 12.0. The maximum Gasteiger partial charge on any atom is 0.268 e. The van der Waals surface area contributed by atoms with Crippen molar-refractivity contribution in [1.29, 1.82) is 0 Å². The highest BCUT2D eigenvalue weighted by atomic mass is 32.2. The number of anilines is 1. The highest BCUT2D eigenvalue weighted by Crippen LogP contribution is 2.34. The highest BCUT2D eigenvalue weighted by Gasteiger charge is 2.23. The molecule has 0 saturated heterocycles. The minimum absolute atomic E-state index is 0.294. The van der Waals surface area contributed by atoms with Crippen molar-refractivity contribution in [1.82, 2.24) is 3.97 Å². The summed E-state index contributed by atoms with van der Waals surface area (Å²) in [5.74, 6) is 0. The first kappa shape index (κ1) is 16.7. The third-order valence-corrected chi connectivity index (χ3v) is 6.43. The van der Waals surface area contributed by atoms with Gasteiger partial charge in [-0.15, -0.1) is 0 Å². The maximum absolute atomic E-state index is 13.4. The molecule has 0 aliphatic carbocycles. The molecule has 4 aromatic rings. The van der Waals surface area contributed by atoms with E-state index in [1.54, 1.807) is 12.1 Å². The first-order chi connectivity index (χ1) is 12.4. The number of fused-ring (bicyclic) bond motifs is 3. The predicted octanol–water partition coefficient (Wildman–Crippen LogP) is 4.41. The SMILES string of the molecule is Cc1ccc(S(=O)(=O)n2c3ccccc3c3cc(N(C)C)ccc32)cc1. The van der Waals surface area contributed by atoms with Crippen molar-refractivity contribution in [2.45, 2.75) is 11.8 Å². The zero-order valence-corrected chi connectivity index (χ0v) is 15.8. The van der Waals surface area contributed by atoms with E-state index in [1.807, 2.05) is 80.5 Å². The molecule has 0 amide bonds. The Labute approximate surface area is 153 Å². The zero-order chi connectivity index (χ0) is 18.5. The summed E-state index contributed by atoms with van der Waals surface area (Å²) in [5.41, 5.74) is 3.45. The lowest BCUT2D eigenvalue weighted by molar-refractivity contribution is 0.590. The molecule has 0 aliphatic heterocycles. The Hall–Kier alpha value is -2.79. The van der Waals surface area contributed by atoms with E-state index >= 15 is 0 Å². The van der Waals surface area contributed by atoms with Gasteiger partial charge in [0, 0.05) is 30.6 Å². The van der Waals surface area contributed by atoms with Crippen LogP contribution in [-0.4, -0.2) is 26.5 Å². The molecule has 1 heterocycles. The molecular weight excluding hydrogens is 344 g/mol. The van der Waals surface area contributed by atoms with Gasteiger partial charge in [0.15, 0.2) is 0 Å². The minimum atomic E-state index is -3.70. The van der Waals surface area contributed by atoms with Gasteiger partial charge >= 0.3 is 0 Å². The van der Waals surface area contributed by atoms with E-state index in [4.69, 9.17) is 0 Å².